The lowest BCUT2D eigenvalue weighted by Gasteiger charge is -2.16. The van der Waals surface area contributed by atoms with Crippen molar-refractivity contribution in [2.45, 2.75) is 12.8 Å². The minimum absolute atomic E-state index is 0.673. The summed E-state index contributed by atoms with van der Waals surface area (Å²) in [4.78, 5) is 9.96. The summed E-state index contributed by atoms with van der Waals surface area (Å²) in [5, 5.41) is 0. The normalized spacial score (nSPS) is 21.6. The van der Waals surface area contributed by atoms with E-state index in [4.69, 9.17) is 0 Å². The van der Waals surface area contributed by atoms with Crippen molar-refractivity contribution >= 4 is 18.0 Å². The summed E-state index contributed by atoms with van der Waals surface area (Å²) in [7, 11) is 0. The molecule has 2 heteroatoms. The van der Waals surface area contributed by atoms with Gasteiger partial charge in [-0.25, -0.2) is 0 Å². The Kier molecular flexibility index (Phi) is 3.58. The van der Waals surface area contributed by atoms with E-state index in [0.717, 1.165) is 6.29 Å². The molecule has 0 saturated carbocycles. The quantitative estimate of drug-likeness (QED) is 0.448. The zero-order valence-electron chi connectivity index (χ0n) is 5.95. The van der Waals surface area contributed by atoms with Crippen molar-refractivity contribution in [3.05, 3.63) is 12.2 Å². The Hall–Kier alpha value is -0.240. The lowest BCUT2D eigenvalue weighted by molar-refractivity contribution is -0.104. The van der Waals surface area contributed by atoms with Crippen molar-refractivity contribution in [3.63, 3.8) is 0 Å². The highest BCUT2D eigenvalue weighted by atomic mass is 32.2. The van der Waals surface area contributed by atoms with E-state index in [1.165, 1.54) is 24.3 Å². The van der Waals surface area contributed by atoms with Crippen molar-refractivity contribution in [2.75, 3.05) is 11.5 Å². The topological polar surface area (TPSA) is 17.1 Å². The molecule has 1 aliphatic heterocycles. The summed E-state index contributed by atoms with van der Waals surface area (Å²) in [6.07, 6.45) is 7.01. The SMILES string of the molecule is O=CC=CC1CCSCC1. The van der Waals surface area contributed by atoms with Gasteiger partial charge >= 0.3 is 0 Å². The van der Waals surface area contributed by atoms with Crippen LogP contribution in [0.2, 0.25) is 0 Å². The molecule has 0 unspecified atom stereocenters. The van der Waals surface area contributed by atoms with Gasteiger partial charge in [-0.15, -0.1) is 0 Å². The first kappa shape index (κ1) is 7.86. The Morgan fingerprint density at radius 3 is 2.60 bits per heavy atom. The van der Waals surface area contributed by atoms with Gasteiger partial charge in [-0.3, -0.25) is 4.79 Å². The maximum absolute atomic E-state index is 9.96. The van der Waals surface area contributed by atoms with Gasteiger partial charge in [-0.1, -0.05) is 6.08 Å². The van der Waals surface area contributed by atoms with Crippen LogP contribution in [0.15, 0.2) is 12.2 Å². The van der Waals surface area contributed by atoms with Gasteiger partial charge in [-0.2, -0.15) is 11.8 Å². The molecule has 56 valence electrons. The minimum Gasteiger partial charge on any atom is -0.299 e. The molecule has 1 fully saturated rings. The second-order valence-corrected chi connectivity index (χ2v) is 3.70. The molecule has 0 radical (unpaired) electrons. The first-order valence-corrected chi connectivity index (χ1v) is 4.78. The molecule has 1 saturated heterocycles. The summed E-state index contributed by atoms with van der Waals surface area (Å²) in [6.45, 7) is 0. The zero-order valence-corrected chi connectivity index (χ0v) is 6.77. The van der Waals surface area contributed by atoms with Crippen molar-refractivity contribution in [1.29, 1.82) is 0 Å². The summed E-state index contributed by atoms with van der Waals surface area (Å²) < 4.78 is 0. The molecule has 0 aromatic carbocycles. The number of carbonyl (C=O) groups is 1. The van der Waals surface area contributed by atoms with Crippen LogP contribution in [0.1, 0.15) is 12.8 Å². The van der Waals surface area contributed by atoms with Crippen LogP contribution in [0.4, 0.5) is 0 Å². The zero-order chi connectivity index (χ0) is 7.23. The number of thioether (sulfide) groups is 1. The Balaban J connectivity index is 2.25. The standard InChI is InChI=1S/C8H12OS/c9-5-1-2-8-3-6-10-7-4-8/h1-2,5,8H,3-4,6-7H2. The molecule has 0 N–H and O–H groups in total. The Morgan fingerprint density at radius 2 is 2.00 bits per heavy atom. The summed E-state index contributed by atoms with van der Waals surface area (Å²) in [5.41, 5.74) is 0. The monoisotopic (exact) mass is 156 g/mol. The van der Waals surface area contributed by atoms with E-state index in [2.05, 4.69) is 0 Å². The fourth-order valence-electron chi connectivity index (χ4n) is 1.11. The molecule has 0 aromatic rings. The maximum Gasteiger partial charge on any atom is 0.142 e. The molecule has 0 spiro atoms. The van der Waals surface area contributed by atoms with Crippen molar-refractivity contribution in [1.82, 2.24) is 0 Å². The van der Waals surface area contributed by atoms with E-state index in [9.17, 15) is 4.79 Å². The molecule has 1 nitrogen and oxygen atoms in total. The number of aldehydes is 1. The van der Waals surface area contributed by atoms with Crippen LogP contribution < -0.4 is 0 Å². The highest BCUT2D eigenvalue weighted by Crippen LogP contribution is 2.23. The molecule has 1 aliphatic rings. The predicted molar refractivity (Wildman–Crippen MR) is 45.3 cm³/mol. The number of rotatable bonds is 2. The molecular formula is C8H12OS. The van der Waals surface area contributed by atoms with Crippen LogP contribution in [0.3, 0.4) is 0 Å². The van der Waals surface area contributed by atoms with Gasteiger partial charge in [0.05, 0.1) is 0 Å². The smallest absolute Gasteiger partial charge is 0.142 e. The first-order chi connectivity index (χ1) is 4.93. The molecule has 0 atom stereocenters. The second-order valence-electron chi connectivity index (χ2n) is 2.47. The lowest BCUT2D eigenvalue weighted by atomic mass is 10.0. The van der Waals surface area contributed by atoms with Crippen LogP contribution in [0, 0.1) is 5.92 Å². The third kappa shape index (κ3) is 2.56. The summed E-state index contributed by atoms with van der Waals surface area (Å²) >= 11 is 2.01. The minimum atomic E-state index is 0.673. The second kappa shape index (κ2) is 4.56. The molecule has 10 heavy (non-hydrogen) atoms. The third-order valence-corrected chi connectivity index (χ3v) is 2.78. The van der Waals surface area contributed by atoms with Crippen molar-refractivity contribution in [2.24, 2.45) is 5.92 Å². The lowest BCUT2D eigenvalue weighted by Crippen LogP contribution is -2.06. The van der Waals surface area contributed by atoms with Crippen LogP contribution in [-0.2, 0) is 4.79 Å². The average Bonchev–Trinajstić information content (AvgIpc) is 2.03. The number of hydrogen-bond acceptors (Lipinski definition) is 2. The number of allylic oxidation sites excluding steroid dienone is 2. The van der Waals surface area contributed by atoms with E-state index in [1.807, 2.05) is 17.8 Å². The van der Waals surface area contributed by atoms with Crippen LogP contribution >= 0.6 is 11.8 Å². The van der Waals surface area contributed by atoms with Crippen LogP contribution in [0.25, 0.3) is 0 Å². The Labute approximate surface area is 65.9 Å². The van der Waals surface area contributed by atoms with Gasteiger partial charge < -0.3 is 0 Å². The maximum atomic E-state index is 9.96. The number of carbonyl (C=O) groups excluding carboxylic acids is 1. The largest absolute Gasteiger partial charge is 0.299 e. The fraction of sp³-hybridized carbons (Fsp3) is 0.625. The number of hydrogen-bond donors (Lipinski definition) is 0. The van der Waals surface area contributed by atoms with E-state index in [1.54, 1.807) is 6.08 Å². The molecule has 1 heterocycles. The van der Waals surface area contributed by atoms with Gasteiger partial charge in [0.1, 0.15) is 6.29 Å². The fourth-order valence-corrected chi connectivity index (χ4v) is 2.25. The predicted octanol–water partition coefficient (Wildman–Crippen LogP) is 1.88. The van der Waals surface area contributed by atoms with Gasteiger partial charge in [-0.05, 0) is 36.3 Å². The highest BCUT2D eigenvalue weighted by Gasteiger charge is 2.09. The molecule has 1 rings (SSSR count). The van der Waals surface area contributed by atoms with E-state index < -0.39 is 0 Å². The molecule has 0 amide bonds. The van der Waals surface area contributed by atoms with Crippen molar-refractivity contribution in [3.8, 4) is 0 Å². The van der Waals surface area contributed by atoms with Gasteiger partial charge in [0.2, 0.25) is 0 Å². The molecule has 0 aliphatic carbocycles. The summed E-state index contributed by atoms with van der Waals surface area (Å²) in [5.74, 6) is 3.19. The van der Waals surface area contributed by atoms with Crippen LogP contribution in [-0.4, -0.2) is 17.8 Å². The molecule has 0 bridgehead atoms. The van der Waals surface area contributed by atoms with Gasteiger partial charge in [0, 0.05) is 0 Å². The molecule has 0 aromatic heterocycles. The molecular weight excluding hydrogens is 144 g/mol. The van der Waals surface area contributed by atoms with E-state index in [-0.39, 0.29) is 0 Å². The summed E-state index contributed by atoms with van der Waals surface area (Å²) in [6, 6.07) is 0. The third-order valence-electron chi connectivity index (χ3n) is 1.73. The van der Waals surface area contributed by atoms with Crippen molar-refractivity contribution < 1.29 is 4.79 Å². The van der Waals surface area contributed by atoms with Gasteiger partial charge in [0.25, 0.3) is 0 Å². The van der Waals surface area contributed by atoms with E-state index >= 15 is 0 Å². The Morgan fingerprint density at radius 1 is 1.30 bits per heavy atom. The van der Waals surface area contributed by atoms with Crippen LogP contribution in [0.5, 0.6) is 0 Å². The Bertz CT molecular complexity index is 125. The highest BCUT2D eigenvalue weighted by molar-refractivity contribution is 7.99. The van der Waals surface area contributed by atoms with E-state index in [0.29, 0.717) is 5.92 Å². The first-order valence-electron chi connectivity index (χ1n) is 3.63. The van der Waals surface area contributed by atoms with Gasteiger partial charge in [0.15, 0.2) is 0 Å². The average molecular weight is 156 g/mol.